The largest absolute Gasteiger partial charge is 0.493 e. The van der Waals surface area contributed by atoms with Crippen LogP contribution in [-0.4, -0.2) is 41.5 Å². The predicted molar refractivity (Wildman–Crippen MR) is 148 cm³/mol. The molecule has 1 amide bonds. The van der Waals surface area contributed by atoms with Gasteiger partial charge in [0.05, 0.1) is 29.1 Å². The van der Waals surface area contributed by atoms with Crippen molar-refractivity contribution in [1.82, 2.24) is 4.90 Å². The van der Waals surface area contributed by atoms with Crippen molar-refractivity contribution in [3.8, 4) is 11.5 Å². The van der Waals surface area contributed by atoms with Gasteiger partial charge in [0.2, 0.25) is 0 Å². The third-order valence-corrected chi connectivity index (χ3v) is 8.05. The van der Waals surface area contributed by atoms with E-state index < -0.39 is 0 Å². The summed E-state index contributed by atoms with van der Waals surface area (Å²) in [5.74, 6) is 1.12. The lowest BCUT2D eigenvalue weighted by atomic mass is 10.1. The van der Waals surface area contributed by atoms with Gasteiger partial charge < -0.3 is 14.2 Å². The number of hydrogen-bond donors (Lipinski definition) is 0. The zero-order chi connectivity index (χ0) is 24.4. The van der Waals surface area contributed by atoms with Crippen molar-refractivity contribution < 1.29 is 19.0 Å². The van der Waals surface area contributed by atoms with Crippen molar-refractivity contribution in [2.24, 2.45) is 0 Å². The second-order valence-electron chi connectivity index (χ2n) is 8.39. The first kappa shape index (κ1) is 24.3. The Morgan fingerprint density at radius 3 is 2.86 bits per heavy atom. The first-order valence-corrected chi connectivity index (χ1v) is 13.4. The van der Waals surface area contributed by atoms with E-state index in [0.717, 1.165) is 40.4 Å². The molecule has 0 radical (unpaired) electrons. The van der Waals surface area contributed by atoms with Gasteiger partial charge in [-0.2, -0.15) is 0 Å². The third-order valence-electron chi connectivity index (χ3n) is 6.09. The molecule has 0 aromatic heterocycles. The quantitative estimate of drug-likeness (QED) is 0.237. The SMILES string of the molecule is COc1cc(/C=C2\SC(=S)N(C[C@@H]3CCCO3)C2=O)cc(Br)c1OCc1cccc2ccccc12. The molecule has 0 unspecified atom stereocenters. The number of nitrogens with zero attached hydrogens (tertiary/aromatic N) is 1. The Bertz CT molecular complexity index is 1310. The first-order chi connectivity index (χ1) is 17.0. The summed E-state index contributed by atoms with van der Waals surface area (Å²) in [4.78, 5) is 15.2. The molecule has 5 rings (SSSR count). The highest BCUT2D eigenvalue weighted by atomic mass is 79.9. The topological polar surface area (TPSA) is 48.0 Å². The Morgan fingerprint density at radius 1 is 1.23 bits per heavy atom. The summed E-state index contributed by atoms with van der Waals surface area (Å²) in [6.45, 7) is 1.66. The number of halogens is 1. The number of carbonyl (C=O) groups is 1. The van der Waals surface area contributed by atoms with Gasteiger partial charge in [-0.25, -0.2) is 0 Å². The number of amides is 1. The highest BCUT2D eigenvalue weighted by Crippen LogP contribution is 2.40. The Morgan fingerprint density at radius 2 is 2.06 bits per heavy atom. The summed E-state index contributed by atoms with van der Waals surface area (Å²) in [6, 6.07) is 18.2. The number of rotatable bonds is 7. The van der Waals surface area contributed by atoms with Gasteiger partial charge in [-0.15, -0.1) is 0 Å². The smallest absolute Gasteiger partial charge is 0.266 e. The number of fused-ring (bicyclic) bond motifs is 1. The highest BCUT2D eigenvalue weighted by molar-refractivity contribution is 9.10. The summed E-state index contributed by atoms with van der Waals surface area (Å²) in [7, 11) is 1.61. The second kappa shape index (κ2) is 10.7. The second-order valence-corrected chi connectivity index (χ2v) is 10.9. The van der Waals surface area contributed by atoms with Gasteiger partial charge in [0.1, 0.15) is 10.9 Å². The molecule has 0 saturated carbocycles. The molecular weight excluding hydrogens is 546 g/mol. The van der Waals surface area contributed by atoms with E-state index in [9.17, 15) is 4.79 Å². The molecule has 0 spiro atoms. The van der Waals surface area contributed by atoms with Gasteiger partial charge in [0.25, 0.3) is 5.91 Å². The number of carbonyl (C=O) groups excluding carboxylic acids is 1. The molecule has 2 fully saturated rings. The molecule has 2 aliphatic heterocycles. The molecular formula is C27H24BrNO4S2. The van der Waals surface area contributed by atoms with Gasteiger partial charge in [0, 0.05) is 6.61 Å². The average molecular weight is 571 g/mol. The van der Waals surface area contributed by atoms with Crippen LogP contribution >= 0.6 is 39.9 Å². The van der Waals surface area contributed by atoms with Crippen LogP contribution in [0.1, 0.15) is 24.0 Å². The minimum absolute atomic E-state index is 0.0595. The molecule has 3 aromatic carbocycles. The van der Waals surface area contributed by atoms with Crippen LogP contribution in [0.4, 0.5) is 0 Å². The van der Waals surface area contributed by atoms with Crippen LogP contribution in [0, 0.1) is 0 Å². The molecule has 0 N–H and O–H groups in total. The summed E-state index contributed by atoms with van der Waals surface area (Å²) in [5, 5.41) is 2.33. The van der Waals surface area contributed by atoms with Crippen molar-refractivity contribution in [3.63, 3.8) is 0 Å². The van der Waals surface area contributed by atoms with E-state index in [1.165, 1.54) is 17.1 Å². The highest BCUT2D eigenvalue weighted by Gasteiger charge is 2.34. The number of ether oxygens (including phenoxy) is 3. The summed E-state index contributed by atoms with van der Waals surface area (Å²) >= 11 is 10.4. The maximum atomic E-state index is 13.0. The van der Waals surface area contributed by atoms with E-state index in [2.05, 4.69) is 40.2 Å². The lowest BCUT2D eigenvalue weighted by molar-refractivity contribution is -0.123. The molecule has 1 atom stereocenters. The monoisotopic (exact) mass is 569 g/mol. The average Bonchev–Trinajstić information content (AvgIpc) is 3.47. The standard InChI is InChI=1S/C27H24BrNO4S2/c1-31-23-13-17(14-24-26(30)29(27(34)35-24)15-20-9-5-11-32-20)12-22(28)25(23)33-16-19-8-4-7-18-6-2-3-10-21(18)19/h2-4,6-8,10,12-14,20H,5,9,11,15-16H2,1H3/b24-14-/t20-/m0/s1. The molecule has 180 valence electrons. The number of benzene rings is 3. The van der Waals surface area contributed by atoms with Crippen LogP contribution in [-0.2, 0) is 16.1 Å². The Labute approximate surface area is 222 Å². The summed E-state index contributed by atoms with van der Waals surface area (Å²) < 4.78 is 18.8. The Kier molecular flexibility index (Phi) is 7.43. The van der Waals surface area contributed by atoms with Gasteiger partial charge >= 0.3 is 0 Å². The molecule has 2 aliphatic rings. The Balaban J connectivity index is 1.35. The molecule has 2 saturated heterocycles. The number of methoxy groups -OCH3 is 1. The molecule has 3 aromatic rings. The van der Waals surface area contributed by atoms with Gasteiger partial charge in [-0.1, -0.05) is 66.4 Å². The molecule has 5 nitrogen and oxygen atoms in total. The summed E-state index contributed by atoms with van der Waals surface area (Å²) in [5.41, 5.74) is 1.92. The van der Waals surface area contributed by atoms with E-state index in [4.69, 9.17) is 26.4 Å². The normalized spacial score (nSPS) is 19.2. The van der Waals surface area contributed by atoms with Crippen LogP contribution in [0.5, 0.6) is 11.5 Å². The van der Waals surface area contributed by atoms with E-state index >= 15 is 0 Å². The van der Waals surface area contributed by atoms with Crippen molar-refractivity contribution in [2.75, 3.05) is 20.3 Å². The number of hydrogen-bond acceptors (Lipinski definition) is 6. The fraction of sp³-hybridized carbons (Fsp3) is 0.259. The fourth-order valence-electron chi connectivity index (χ4n) is 4.33. The van der Waals surface area contributed by atoms with Crippen molar-refractivity contribution in [2.45, 2.75) is 25.6 Å². The third kappa shape index (κ3) is 5.26. The minimum Gasteiger partial charge on any atom is -0.493 e. The fourth-order valence-corrected chi connectivity index (χ4v) is 6.18. The zero-order valence-corrected chi connectivity index (χ0v) is 22.4. The molecule has 0 aliphatic carbocycles. The van der Waals surface area contributed by atoms with Gasteiger partial charge in [-0.05, 0) is 68.9 Å². The lowest BCUT2D eigenvalue weighted by Crippen LogP contribution is -2.35. The predicted octanol–water partition coefficient (Wildman–Crippen LogP) is 6.57. The van der Waals surface area contributed by atoms with Gasteiger partial charge in [0.15, 0.2) is 11.5 Å². The van der Waals surface area contributed by atoms with Crippen LogP contribution in [0.25, 0.3) is 16.8 Å². The van der Waals surface area contributed by atoms with Crippen molar-refractivity contribution >= 4 is 67.0 Å². The number of thiocarbonyl (C=S) groups is 1. The first-order valence-electron chi connectivity index (χ1n) is 11.4. The van der Waals surface area contributed by atoms with Crippen LogP contribution < -0.4 is 9.47 Å². The lowest BCUT2D eigenvalue weighted by Gasteiger charge is -2.18. The molecule has 0 bridgehead atoms. The zero-order valence-electron chi connectivity index (χ0n) is 19.2. The summed E-state index contributed by atoms with van der Waals surface area (Å²) in [6.07, 6.45) is 3.89. The maximum absolute atomic E-state index is 13.0. The molecule has 2 heterocycles. The van der Waals surface area contributed by atoms with Crippen molar-refractivity contribution in [1.29, 1.82) is 0 Å². The maximum Gasteiger partial charge on any atom is 0.266 e. The van der Waals surface area contributed by atoms with Crippen LogP contribution in [0.2, 0.25) is 0 Å². The number of thioether (sulfide) groups is 1. The molecule has 35 heavy (non-hydrogen) atoms. The van der Waals surface area contributed by atoms with Gasteiger partial charge in [-0.3, -0.25) is 9.69 Å². The van der Waals surface area contributed by atoms with E-state index in [1.54, 1.807) is 12.0 Å². The molecule has 8 heteroatoms. The van der Waals surface area contributed by atoms with E-state index in [1.807, 2.05) is 36.4 Å². The van der Waals surface area contributed by atoms with Crippen LogP contribution in [0.15, 0.2) is 64.0 Å². The van der Waals surface area contributed by atoms with E-state index in [0.29, 0.717) is 33.9 Å². The van der Waals surface area contributed by atoms with Crippen LogP contribution in [0.3, 0.4) is 0 Å². The minimum atomic E-state index is -0.0816. The van der Waals surface area contributed by atoms with Crippen molar-refractivity contribution in [3.05, 3.63) is 75.1 Å². The Hall–Kier alpha value is -2.39. The van der Waals surface area contributed by atoms with E-state index in [-0.39, 0.29) is 12.0 Å².